The lowest BCUT2D eigenvalue weighted by atomic mass is 10.1. The molecule has 0 unspecified atom stereocenters. The number of hydrogen-bond donors (Lipinski definition) is 1. The molecule has 0 bridgehead atoms. The van der Waals surface area contributed by atoms with Crippen molar-refractivity contribution in [3.63, 3.8) is 0 Å². The van der Waals surface area contributed by atoms with Crippen molar-refractivity contribution in [3.05, 3.63) is 57.7 Å². The van der Waals surface area contributed by atoms with Crippen LogP contribution in [0.2, 0.25) is 0 Å². The zero-order valence-corrected chi connectivity index (χ0v) is 12.2. The van der Waals surface area contributed by atoms with Crippen molar-refractivity contribution >= 4 is 22.5 Å². The number of nitrogens with zero attached hydrogens (tertiary/aromatic N) is 3. The predicted molar refractivity (Wildman–Crippen MR) is 81.0 cm³/mol. The molecule has 2 heterocycles. The van der Waals surface area contributed by atoms with Gasteiger partial charge in [-0.25, -0.2) is 9.55 Å². The molecule has 0 amide bonds. The van der Waals surface area contributed by atoms with Gasteiger partial charge < -0.3 is 15.1 Å². The number of nitro groups is 1. The Morgan fingerprint density at radius 3 is 2.82 bits per heavy atom. The molecule has 112 valence electrons. The quantitative estimate of drug-likeness (QED) is 0.455. The monoisotopic (exact) mass is 298 g/mol. The SMILES string of the molecule is Cc1[nH]c2ccccc2c1C(=O)Cn1c([N+](=O)[O-])cnc1C. The molecule has 0 atom stereocenters. The van der Waals surface area contributed by atoms with Crippen LogP contribution in [-0.2, 0) is 6.54 Å². The summed E-state index contributed by atoms with van der Waals surface area (Å²) in [4.78, 5) is 30.2. The third-order valence-corrected chi connectivity index (χ3v) is 3.70. The predicted octanol–water partition coefficient (Wildman–Crippen LogP) is 2.77. The number of imidazole rings is 1. The van der Waals surface area contributed by atoms with Gasteiger partial charge in [0, 0.05) is 23.5 Å². The van der Waals surface area contributed by atoms with Crippen LogP contribution in [0.25, 0.3) is 10.9 Å². The van der Waals surface area contributed by atoms with Crippen LogP contribution in [-0.4, -0.2) is 25.2 Å². The van der Waals surface area contributed by atoms with E-state index in [1.54, 1.807) is 6.92 Å². The van der Waals surface area contributed by atoms with Gasteiger partial charge in [0.05, 0.1) is 5.56 Å². The molecule has 0 spiro atoms. The summed E-state index contributed by atoms with van der Waals surface area (Å²) in [6, 6.07) is 7.50. The van der Waals surface area contributed by atoms with E-state index in [2.05, 4.69) is 9.97 Å². The van der Waals surface area contributed by atoms with Gasteiger partial charge in [-0.2, -0.15) is 0 Å². The largest absolute Gasteiger partial charge is 0.358 e. The van der Waals surface area contributed by atoms with E-state index in [4.69, 9.17) is 0 Å². The number of para-hydroxylation sites is 1. The lowest BCUT2D eigenvalue weighted by molar-refractivity contribution is -0.392. The van der Waals surface area contributed by atoms with Gasteiger partial charge in [-0.1, -0.05) is 18.2 Å². The minimum Gasteiger partial charge on any atom is -0.358 e. The van der Waals surface area contributed by atoms with Crippen molar-refractivity contribution in [1.82, 2.24) is 14.5 Å². The van der Waals surface area contributed by atoms with Crippen molar-refractivity contribution in [2.24, 2.45) is 0 Å². The van der Waals surface area contributed by atoms with Crippen LogP contribution < -0.4 is 0 Å². The maximum Gasteiger partial charge on any atom is 0.343 e. The summed E-state index contributed by atoms with van der Waals surface area (Å²) in [6.45, 7) is 3.36. The van der Waals surface area contributed by atoms with Crippen LogP contribution in [0.15, 0.2) is 30.5 Å². The summed E-state index contributed by atoms with van der Waals surface area (Å²) in [7, 11) is 0. The Bertz CT molecular complexity index is 891. The smallest absolute Gasteiger partial charge is 0.343 e. The minimum atomic E-state index is -0.532. The Morgan fingerprint density at radius 2 is 2.09 bits per heavy atom. The molecule has 0 aliphatic heterocycles. The Balaban J connectivity index is 2.03. The fraction of sp³-hybridized carbons (Fsp3) is 0.200. The number of aromatic nitrogens is 3. The van der Waals surface area contributed by atoms with E-state index in [1.807, 2.05) is 31.2 Å². The molecular weight excluding hydrogens is 284 g/mol. The van der Waals surface area contributed by atoms with E-state index in [-0.39, 0.29) is 18.1 Å². The van der Waals surface area contributed by atoms with Gasteiger partial charge in [0.2, 0.25) is 5.78 Å². The van der Waals surface area contributed by atoms with E-state index < -0.39 is 4.92 Å². The summed E-state index contributed by atoms with van der Waals surface area (Å²) >= 11 is 0. The molecule has 0 aliphatic rings. The molecule has 22 heavy (non-hydrogen) atoms. The molecule has 0 saturated carbocycles. The fourth-order valence-corrected chi connectivity index (χ4v) is 2.66. The minimum absolute atomic E-state index is 0.106. The van der Waals surface area contributed by atoms with Gasteiger partial charge in [0.15, 0.2) is 12.4 Å². The first-order chi connectivity index (χ1) is 10.5. The highest BCUT2D eigenvalue weighted by Gasteiger charge is 2.23. The summed E-state index contributed by atoms with van der Waals surface area (Å²) in [6.07, 6.45) is 1.17. The summed E-state index contributed by atoms with van der Waals surface area (Å²) in [5.74, 6) is 0.0834. The number of carbonyl (C=O) groups excluding carboxylic acids is 1. The molecule has 3 rings (SSSR count). The first kappa shape index (κ1) is 14.0. The Hall–Kier alpha value is -2.96. The number of aryl methyl sites for hydroxylation is 2. The molecule has 1 aromatic carbocycles. The second-order valence-electron chi connectivity index (χ2n) is 5.10. The molecule has 0 fully saturated rings. The van der Waals surface area contributed by atoms with Crippen LogP contribution in [0.1, 0.15) is 21.9 Å². The number of ketones is 1. The van der Waals surface area contributed by atoms with Crippen molar-refractivity contribution in [2.75, 3.05) is 0 Å². The maximum absolute atomic E-state index is 12.6. The second-order valence-corrected chi connectivity index (χ2v) is 5.10. The Labute approximate surface area is 125 Å². The van der Waals surface area contributed by atoms with E-state index in [0.717, 1.165) is 16.6 Å². The average molecular weight is 298 g/mol. The maximum atomic E-state index is 12.6. The van der Waals surface area contributed by atoms with E-state index in [0.29, 0.717) is 11.4 Å². The van der Waals surface area contributed by atoms with Crippen molar-refractivity contribution in [2.45, 2.75) is 20.4 Å². The lowest BCUT2D eigenvalue weighted by Crippen LogP contribution is -2.14. The number of Topliss-reactive ketones (excluding diaryl/α,β-unsaturated/α-hetero) is 1. The van der Waals surface area contributed by atoms with Gasteiger partial charge in [0.1, 0.15) is 6.20 Å². The number of nitrogens with one attached hydrogen (secondary N) is 1. The highest BCUT2D eigenvalue weighted by atomic mass is 16.6. The van der Waals surface area contributed by atoms with Crippen LogP contribution in [0.3, 0.4) is 0 Å². The van der Waals surface area contributed by atoms with Crippen LogP contribution in [0.4, 0.5) is 5.82 Å². The summed E-state index contributed by atoms with van der Waals surface area (Å²) in [5, 5.41) is 11.8. The molecule has 1 N–H and O–H groups in total. The molecular formula is C15H14N4O3. The summed E-state index contributed by atoms with van der Waals surface area (Å²) < 4.78 is 1.32. The third kappa shape index (κ3) is 2.16. The highest BCUT2D eigenvalue weighted by molar-refractivity contribution is 6.09. The normalized spacial score (nSPS) is 11.0. The van der Waals surface area contributed by atoms with Gasteiger partial charge in [-0.05, 0) is 17.9 Å². The molecule has 7 heteroatoms. The standard InChI is InChI=1S/C15H14N4O3/c1-9-15(11-5-3-4-6-12(11)17-9)13(20)8-18-10(2)16-7-14(18)19(21)22/h3-7,17H,8H2,1-2H3. The van der Waals surface area contributed by atoms with Crippen LogP contribution in [0, 0.1) is 24.0 Å². The van der Waals surface area contributed by atoms with E-state index in [1.165, 1.54) is 10.8 Å². The zero-order chi connectivity index (χ0) is 15.9. The Kier molecular flexibility index (Phi) is 3.25. The topological polar surface area (TPSA) is 93.8 Å². The first-order valence-corrected chi connectivity index (χ1v) is 6.76. The summed E-state index contributed by atoms with van der Waals surface area (Å²) in [5.41, 5.74) is 2.20. The fourth-order valence-electron chi connectivity index (χ4n) is 2.66. The molecule has 0 aliphatic carbocycles. The number of benzene rings is 1. The highest BCUT2D eigenvalue weighted by Crippen LogP contribution is 2.24. The van der Waals surface area contributed by atoms with Crippen molar-refractivity contribution in [1.29, 1.82) is 0 Å². The Morgan fingerprint density at radius 1 is 1.36 bits per heavy atom. The number of H-pyrrole nitrogens is 1. The van der Waals surface area contributed by atoms with Gasteiger partial charge in [0.25, 0.3) is 0 Å². The van der Waals surface area contributed by atoms with Gasteiger partial charge in [-0.3, -0.25) is 4.79 Å². The number of carbonyl (C=O) groups is 1. The van der Waals surface area contributed by atoms with Gasteiger partial charge in [-0.15, -0.1) is 0 Å². The molecule has 0 radical (unpaired) electrons. The van der Waals surface area contributed by atoms with Crippen molar-refractivity contribution in [3.8, 4) is 0 Å². The lowest BCUT2D eigenvalue weighted by Gasteiger charge is -2.03. The number of fused-ring (bicyclic) bond motifs is 1. The third-order valence-electron chi connectivity index (χ3n) is 3.70. The van der Waals surface area contributed by atoms with Gasteiger partial charge >= 0.3 is 5.82 Å². The first-order valence-electron chi connectivity index (χ1n) is 6.76. The second kappa shape index (κ2) is 5.10. The van der Waals surface area contributed by atoms with Crippen LogP contribution >= 0.6 is 0 Å². The van der Waals surface area contributed by atoms with E-state index >= 15 is 0 Å². The molecule has 2 aromatic heterocycles. The molecule has 3 aromatic rings. The van der Waals surface area contributed by atoms with E-state index in [9.17, 15) is 14.9 Å². The number of rotatable bonds is 4. The molecule has 7 nitrogen and oxygen atoms in total. The number of aromatic amines is 1. The van der Waals surface area contributed by atoms with Crippen LogP contribution in [0.5, 0.6) is 0 Å². The molecule has 0 saturated heterocycles. The zero-order valence-electron chi connectivity index (χ0n) is 12.2. The number of hydrogen-bond acceptors (Lipinski definition) is 4. The van der Waals surface area contributed by atoms with Crippen molar-refractivity contribution < 1.29 is 9.72 Å². The average Bonchev–Trinajstić information content (AvgIpc) is 2.99.